The summed E-state index contributed by atoms with van der Waals surface area (Å²) >= 11 is 0. The maximum atomic E-state index is 12.7. The molecule has 0 unspecified atom stereocenters. The lowest BCUT2D eigenvalue weighted by Crippen LogP contribution is -2.23. The van der Waals surface area contributed by atoms with Gasteiger partial charge in [0.1, 0.15) is 11.5 Å². The van der Waals surface area contributed by atoms with Gasteiger partial charge in [0.15, 0.2) is 0 Å². The van der Waals surface area contributed by atoms with E-state index < -0.39 is 12.3 Å². The van der Waals surface area contributed by atoms with Gasteiger partial charge >= 0.3 is 0 Å². The molecule has 2 aromatic carbocycles. The van der Waals surface area contributed by atoms with Crippen LogP contribution in [0.25, 0.3) is 0 Å². The number of rotatable bonds is 6. The van der Waals surface area contributed by atoms with Crippen molar-refractivity contribution in [3.05, 3.63) is 59.2 Å². The standard InChI is InChI=1S/C17H17F2NO3/c1-22-14-6-7-15(23-2)13(9-14)10-20-17(21)12-5-3-4-11(8-12)16(18)19/h3-9,16H,10H2,1-2H3,(H,20,21). The quantitative estimate of drug-likeness (QED) is 0.885. The first-order valence-corrected chi connectivity index (χ1v) is 6.92. The highest BCUT2D eigenvalue weighted by atomic mass is 19.3. The number of halogens is 2. The van der Waals surface area contributed by atoms with Crippen LogP contribution in [0.4, 0.5) is 8.78 Å². The van der Waals surface area contributed by atoms with Gasteiger partial charge in [-0.25, -0.2) is 8.78 Å². The summed E-state index contributed by atoms with van der Waals surface area (Å²) in [4.78, 5) is 12.1. The van der Waals surface area contributed by atoms with E-state index in [9.17, 15) is 13.6 Å². The van der Waals surface area contributed by atoms with Gasteiger partial charge in [-0.15, -0.1) is 0 Å². The molecular formula is C17H17F2NO3. The lowest BCUT2D eigenvalue weighted by molar-refractivity contribution is 0.0950. The third-order valence-electron chi connectivity index (χ3n) is 3.33. The second-order valence-electron chi connectivity index (χ2n) is 4.79. The minimum atomic E-state index is -2.61. The number of alkyl halides is 2. The maximum absolute atomic E-state index is 12.7. The molecule has 0 heterocycles. The summed E-state index contributed by atoms with van der Waals surface area (Å²) < 4.78 is 35.7. The summed E-state index contributed by atoms with van der Waals surface area (Å²) in [7, 11) is 3.07. The van der Waals surface area contributed by atoms with Crippen LogP contribution in [0.5, 0.6) is 11.5 Å². The molecule has 4 nitrogen and oxygen atoms in total. The third kappa shape index (κ3) is 4.18. The Labute approximate surface area is 133 Å². The molecule has 0 aliphatic carbocycles. The number of hydrogen-bond acceptors (Lipinski definition) is 3. The molecule has 0 atom stereocenters. The summed E-state index contributed by atoms with van der Waals surface area (Å²) in [5, 5.41) is 2.69. The molecule has 2 rings (SSSR count). The number of hydrogen-bond donors (Lipinski definition) is 1. The molecule has 0 saturated carbocycles. The van der Waals surface area contributed by atoms with E-state index in [1.807, 2.05) is 0 Å². The van der Waals surface area contributed by atoms with Crippen LogP contribution >= 0.6 is 0 Å². The Morgan fingerprint density at radius 1 is 1.13 bits per heavy atom. The van der Waals surface area contributed by atoms with Crippen LogP contribution in [-0.4, -0.2) is 20.1 Å². The first-order chi connectivity index (χ1) is 11.0. The number of nitrogens with one attached hydrogen (secondary N) is 1. The van der Waals surface area contributed by atoms with E-state index >= 15 is 0 Å². The van der Waals surface area contributed by atoms with Crippen molar-refractivity contribution < 1.29 is 23.0 Å². The molecule has 0 aliphatic rings. The highest BCUT2D eigenvalue weighted by molar-refractivity contribution is 5.94. The normalized spacial score (nSPS) is 10.5. The van der Waals surface area contributed by atoms with Crippen molar-refractivity contribution in [3.63, 3.8) is 0 Å². The zero-order valence-corrected chi connectivity index (χ0v) is 12.8. The number of amides is 1. The lowest BCUT2D eigenvalue weighted by atomic mass is 10.1. The van der Waals surface area contributed by atoms with Gasteiger partial charge < -0.3 is 14.8 Å². The highest BCUT2D eigenvalue weighted by Gasteiger charge is 2.12. The molecule has 0 spiro atoms. The highest BCUT2D eigenvalue weighted by Crippen LogP contribution is 2.24. The van der Waals surface area contributed by atoms with Gasteiger partial charge in [-0.1, -0.05) is 12.1 Å². The minimum Gasteiger partial charge on any atom is -0.497 e. The fourth-order valence-electron chi connectivity index (χ4n) is 2.11. The molecule has 1 N–H and O–H groups in total. The predicted molar refractivity (Wildman–Crippen MR) is 82.1 cm³/mol. The topological polar surface area (TPSA) is 47.6 Å². The van der Waals surface area contributed by atoms with Gasteiger partial charge in [0.25, 0.3) is 12.3 Å². The fraction of sp³-hybridized carbons (Fsp3) is 0.235. The molecule has 0 saturated heterocycles. The Balaban J connectivity index is 2.11. The first kappa shape index (κ1) is 16.7. The van der Waals surface area contributed by atoms with E-state index in [4.69, 9.17) is 9.47 Å². The molecule has 2 aromatic rings. The molecule has 1 amide bonds. The third-order valence-corrected chi connectivity index (χ3v) is 3.33. The van der Waals surface area contributed by atoms with E-state index in [0.29, 0.717) is 11.5 Å². The van der Waals surface area contributed by atoms with Crippen molar-refractivity contribution in [2.24, 2.45) is 0 Å². The Bertz CT molecular complexity index is 689. The molecule has 0 aromatic heterocycles. The molecule has 0 fully saturated rings. The minimum absolute atomic E-state index is 0.184. The summed E-state index contributed by atoms with van der Waals surface area (Å²) in [6.07, 6.45) is -2.61. The molecule has 122 valence electrons. The summed E-state index contributed by atoms with van der Waals surface area (Å²) in [6.45, 7) is 0.193. The summed E-state index contributed by atoms with van der Waals surface area (Å²) in [5.41, 5.74) is 0.728. The molecule has 0 radical (unpaired) electrons. The lowest BCUT2D eigenvalue weighted by Gasteiger charge is -2.12. The Morgan fingerprint density at radius 2 is 1.91 bits per heavy atom. The number of benzene rings is 2. The van der Waals surface area contributed by atoms with Crippen molar-refractivity contribution in [1.29, 1.82) is 0 Å². The van der Waals surface area contributed by atoms with Crippen molar-refractivity contribution in [3.8, 4) is 11.5 Å². The van der Waals surface area contributed by atoms with Crippen LogP contribution in [0.1, 0.15) is 27.9 Å². The largest absolute Gasteiger partial charge is 0.497 e. The average Bonchev–Trinajstić information content (AvgIpc) is 2.59. The number of ether oxygens (including phenoxy) is 2. The number of carbonyl (C=O) groups is 1. The van der Waals surface area contributed by atoms with Crippen LogP contribution in [0, 0.1) is 0 Å². The van der Waals surface area contributed by atoms with E-state index in [1.54, 1.807) is 25.3 Å². The maximum Gasteiger partial charge on any atom is 0.263 e. The molecular weight excluding hydrogens is 304 g/mol. The fourth-order valence-corrected chi connectivity index (χ4v) is 2.11. The van der Waals surface area contributed by atoms with Gasteiger partial charge in [0, 0.05) is 23.2 Å². The van der Waals surface area contributed by atoms with E-state index in [0.717, 1.165) is 5.56 Å². The first-order valence-electron chi connectivity index (χ1n) is 6.92. The van der Waals surface area contributed by atoms with E-state index in [2.05, 4.69) is 5.32 Å². The zero-order chi connectivity index (χ0) is 16.8. The SMILES string of the molecule is COc1ccc(OC)c(CNC(=O)c2cccc(C(F)F)c2)c1. The van der Waals surface area contributed by atoms with Crippen LogP contribution in [-0.2, 0) is 6.54 Å². The van der Waals surface area contributed by atoms with Crippen LogP contribution < -0.4 is 14.8 Å². The predicted octanol–water partition coefficient (Wildman–Crippen LogP) is 3.57. The second kappa shape index (κ2) is 7.58. The van der Waals surface area contributed by atoms with Gasteiger partial charge in [-0.05, 0) is 30.3 Å². The van der Waals surface area contributed by atoms with E-state index in [-0.39, 0.29) is 17.7 Å². The van der Waals surface area contributed by atoms with Crippen molar-refractivity contribution >= 4 is 5.91 Å². The van der Waals surface area contributed by atoms with Crippen molar-refractivity contribution in [2.75, 3.05) is 14.2 Å². The Kier molecular flexibility index (Phi) is 5.51. The molecule has 23 heavy (non-hydrogen) atoms. The number of methoxy groups -OCH3 is 2. The van der Waals surface area contributed by atoms with E-state index in [1.165, 1.54) is 31.4 Å². The molecule has 0 bridgehead atoms. The van der Waals surface area contributed by atoms with Crippen LogP contribution in [0.3, 0.4) is 0 Å². The Morgan fingerprint density at radius 3 is 2.57 bits per heavy atom. The van der Waals surface area contributed by atoms with Crippen LogP contribution in [0.2, 0.25) is 0 Å². The van der Waals surface area contributed by atoms with Gasteiger partial charge in [0.05, 0.1) is 14.2 Å². The Hall–Kier alpha value is -2.63. The monoisotopic (exact) mass is 321 g/mol. The van der Waals surface area contributed by atoms with Crippen LogP contribution in [0.15, 0.2) is 42.5 Å². The van der Waals surface area contributed by atoms with Gasteiger partial charge in [-0.3, -0.25) is 4.79 Å². The van der Waals surface area contributed by atoms with Gasteiger partial charge in [0.2, 0.25) is 0 Å². The second-order valence-corrected chi connectivity index (χ2v) is 4.79. The summed E-state index contributed by atoms with van der Waals surface area (Å²) in [6, 6.07) is 10.6. The average molecular weight is 321 g/mol. The number of carbonyl (C=O) groups excluding carboxylic acids is 1. The van der Waals surface area contributed by atoms with Crippen molar-refractivity contribution in [1.82, 2.24) is 5.32 Å². The summed E-state index contributed by atoms with van der Waals surface area (Å²) in [5.74, 6) is 0.805. The van der Waals surface area contributed by atoms with Crippen molar-refractivity contribution in [2.45, 2.75) is 13.0 Å². The molecule has 0 aliphatic heterocycles. The zero-order valence-electron chi connectivity index (χ0n) is 12.8. The molecule has 6 heteroatoms. The van der Waals surface area contributed by atoms with Gasteiger partial charge in [-0.2, -0.15) is 0 Å². The smallest absolute Gasteiger partial charge is 0.263 e.